The summed E-state index contributed by atoms with van der Waals surface area (Å²) in [6.07, 6.45) is 4.53. The van der Waals surface area contributed by atoms with Crippen molar-refractivity contribution in [2.24, 2.45) is 0 Å². The molecule has 110 valence electrons. The number of hydrogen-bond acceptors (Lipinski definition) is 4. The first-order valence-electron chi connectivity index (χ1n) is 7.38. The summed E-state index contributed by atoms with van der Waals surface area (Å²) in [6.45, 7) is 10.5. The molecule has 0 bridgehead atoms. The summed E-state index contributed by atoms with van der Waals surface area (Å²) in [7, 11) is 0. The maximum atomic E-state index is 4.33. The molecule has 1 N–H and O–H groups in total. The summed E-state index contributed by atoms with van der Waals surface area (Å²) >= 11 is 0. The molecule has 2 aromatic rings. The van der Waals surface area contributed by atoms with Gasteiger partial charge in [-0.2, -0.15) is 15.0 Å². The number of nitrogens with one attached hydrogen (secondary N) is 1. The third kappa shape index (κ3) is 2.97. The molecule has 0 atom stereocenters. The van der Waals surface area contributed by atoms with E-state index in [9.17, 15) is 0 Å². The fraction of sp³-hybridized carbons (Fsp3) is 0.375. The highest BCUT2D eigenvalue weighted by Crippen LogP contribution is 2.25. The lowest BCUT2D eigenvalue weighted by atomic mass is 10.1. The molecule has 0 saturated carbocycles. The van der Waals surface area contributed by atoms with Gasteiger partial charge in [-0.05, 0) is 32.0 Å². The van der Waals surface area contributed by atoms with Crippen LogP contribution in [0, 0.1) is 6.92 Å². The smallest absolute Gasteiger partial charge is 0.0949 e. The molecule has 1 aromatic heterocycles. The minimum absolute atomic E-state index is 0.979. The summed E-state index contributed by atoms with van der Waals surface area (Å²) in [5.74, 6) is 0. The van der Waals surface area contributed by atoms with Crippen molar-refractivity contribution in [2.45, 2.75) is 13.3 Å². The third-order valence-electron chi connectivity index (χ3n) is 3.82. The molecule has 21 heavy (non-hydrogen) atoms. The van der Waals surface area contributed by atoms with E-state index in [0.717, 1.165) is 49.5 Å². The molecular weight excluding hydrogens is 262 g/mol. The first-order valence-corrected chi connectivity index (χ1v) is 7.38. The Labute approximate surface area is 125 Å². The van der Waals surface area contributed by atoms with Gasteiger partial charge >= 0.3 is 0 Å². The van der Waals surface area contributed by atoms with Crippen molar-refractivity contribution in [3.8, 4) is 5.69 Å². The molecule has 0 unspecified atom stereocenters. The predicted molar refractivity (Wildman–Crippen MR) is 84.2 cm³/mol. The van der Waals surface area contributed by atoms with Crippen LogP contribution in [0.2, 0.25) is 0 Å². The van der Waals surface area contributed by atoms with Gasteiger partial charge < -0.3 is 10.2 Å². The van der Waals surface area contributed by atoms with Gasteiger partial charge in [0.25, 0.3) is 0 Å². The van der Waals surface area contributed by atoms with Crippen LogP contribution in [0.3, 0.4) is 0 Å². The van der Waals surface area contributed by atoms with Crippen LogP contribution in [-0.2, 0) is 0 Å². The fourth-order valence-electron chi connectivity index (χ4n) is 2.68. The van der Waals surface area contributed by atoms with Gasteiger partial charge in [-0.15, -0.1) is 0 Å². The summed E-state index contributed by atoms with van der Waals surface area (Å²) in [4.78, 5) is 4.01. The lowest BCUT2D eigenvalue weighted by molar-refractivity contribution is 0.424. The van der Waals surface area contributed by atoms with Crippen LogP contribution < -0.4 is 5.32 Å². The van der Waals surface area contributed by atoms with E-state index in [2.05, 4.69) is 52.1 Å². The normalized spacial score (nSPS) is 15.8. The van der Waals surface area contributed by atoms with Gasteiger partial charge in [-0.3, -0.25) is 0 Å². The van der Waals surface area contributed by atoms with Crippen LogP contribution in [0.5, 0.6) is 0 Å². The van der Waals surface area contributed by atoms with E-state index in [1.807, 2.05) is 0 Å². The van der Waals surface area contributed by atoms with Crippen molar-refractivity contribution in [2.75, 3.05) is 26.2 Å². The molecule has 5 nitrogen and oxygen atoms in total. The zero-order valence-electron chi connectivity index (χ0n) is 12.4. The van der Waals surface area contributed by atoms with Crippen LogP contribution in [0.1, 0.15) is 17.5 Å². The summed E-state index contributed by atoms with van der Waals surface area (Å²) in [5.41, 5.74) is 4.35. The Balaban J connectivity index is 1.96. The maximum Gasteiger partial charge on any atom is 0.0949 e. The molecule has 3 rings (SSSR count). The highest BCUT2D eigenvalue weighted by atomic mass is 15.5. The quantitative estimate of drug-likeness (QED) is 0.933. The van der Waals surface area contributed by atoms with E-state index >= 15 is 0 Å². The van der Waals surface area contributed by atoms with Crippen LogP contribution in [0.15, 0.2) is 37.2 Å². The van der Waals surface area contributed by atoms with Gasteiger partial charge in [0.15, 0.2) is 0 Å². The van der Waals surface area contributed by atoms with Crippen molar-refractivity contribution in [3.05, 3.63) is 48.3 Å². The Morgan fingerprint density at radius 1 is 1.19 bits per heavy atom. The molecular formula is C16H21N5. The number of aromatic nitrogens is 3. The minimum Gasteiger partial charge on any atom is -0.370 e. The summed E-state index contributed by atoms with van der Waals surface area (Å²) < 4.78 is 0. The van der Waals surface area contributed by atoms with Gasteiger partial charge in [0.05, 0.1) is 18.1 Å². The Morgan fingerprint density at radius 3 is 2.81 bits per heavy atom. The Kier molecular flexibility index (Phi) is 4.01. The van der Waals surface area contributed by atoms with Crippen molar-refractivity contribution in [1.29, 1.82) is 0 Å². The number of benzene rings is 1. The zero-order valence-corrected chi connectivity index (χ0v) is 12.4. The molecule has 1 aliphatic heterocycles. The molecule has 1 saturated heterocycles. The molecule has 1 aliphatic rings. The maximum absolute atomic E-state index is 4.33. The van der Waals surface area contributed by atoms with Gasteiger partial charge in [0, 0.05) is 30.9 Å². The molecule has 2 heterocycles. The minimum atomic E-state index is 0.979. The van der Waals surface area contributed by atoms with E-state index < -0.39 is 0 Å². The van der Waals surface area contributed by atoms with Crippen molar-refractivity contribution in [3.63, 3.8) is 0 Å². The van der Waals surface area contributed by atoms with Crippen LogP contribution in [0.25, 0.3) is 11.4 Å². The highest BCUT2D eigenvalue weighted by Gasteiger charge is 2.16. The number of aryl methyl sites for hydroxylation is 1. The Bertz CT molecular complexity index is 610. The average molecular weight is 283 g/mol. The lowest BCUT2D eigenvalue weighted by Crippen LogP contribution is -2.27. The largest absolute Gasteiger partial charge is 0.370 e. The van der Waals surface area contributed by atoms with Gasteiger partial charge in [0.2, 0.25) is 0 Å². The molecule has 1 fully saturated rings. The topological polar surface area (TPSA) is 46.0 Å². The van der Waals surface area contributed by atoms with E-state index in [-0.39, 0.29) is 0 Å². The molecule has 5 heteroatoms. The Hall–Kier alpha value is -2.14. The SMILES string of the molecule is C=C(c1cc(C)ccc1-n1nccn1)N1CCCNCC1. The molecule has 1 aromatic carbocycles. The molecule has 0 radical (unpaired) electrons. The molecule has 0 aliphatic carbocycles. The second kappa shape index (κ2) is 6.10. The monoisotopic (exact) mass is 283 g/mol. The van der Waals surface area contributed by atoms with Gasteiger partial charge in [0.1, 0.15) is 0 Å². The first-order chi connectivity index (χ1) is 10.3. The van der Waals surface area contributed by atoms with Gasteiger partial charge in [-0.1, -0.05) is 18.2 Å². The zero-order chi connectivity index (χ0) is 14.7. The van der Waals surface area contributed by atoms with E-state index in [0.29, 0.717) is 0 Å². The summed E-state index contributed by atoms with van der Waals surface area (Å²) in [5, 5.41) is 11.9. The van der Waals surface area contributed by atoms with E-state index in [1.165, 1.54) is 5.56 Å². The fourth-order valence-corrected chi connectivity index (χ4v) is 2.68. The second-order valence-electron chi connectivity index (χ2n) is 5.38. The van der Waals surface area contributed by atoms with Gasteiger partial charge in [-0.25, -0.2) is 0 Å². The third-order valence-corrected chi connectivity index (χ3v) is 3.82. The lowest BCUT2D eigenvalue weighted by Gasteiger charge is -2.26. The van der Waals surface area contributed by atoms with Crippen LogP contribution in [-0.4, -0.2) is 46.1 Å². The van der Waals surface area contributed by atoms with Crippen LogP contribution in [0.4, 0.5) is 0 Å². The molecule has 0 spiro atoms. The number of nitrogens with zero attached hydrogens (tertiary/aromatic N) is 4. The summed E-state index contributed by atoms with van der Waals surface area (Å²) in [6, 6.07) is 6.31. The van der Waals surface area contributed by atoms with Crippen LogP contribution >= 0.6 is 0 Å². The van der Waals surface area contributed by atoms with Crippen molar-refractivity contribution >= 4 is 5.70 Å². The predicted octanol–water partition coefficient (Wildman–Crippen LogP) is 1.84. The van der Waals surface area contributed by atoms with E-state index in [1.54, 1.807) is 17.2 Å². The molecule has 0 amide bonds. The first kappa shape index (κ1) is 13.8. The standard InChI is InChI=1S/C16H21N5/c1-13-4-5-16(21-18-7-8-19-21)15(12-13)14(2)20-10-3-6-17-9-11-20/h4-5,7-8,12,17H,2-3,6,9-11H2,1H3. The van der Waals surface area contributed by atoms with Crippen molar-refractivity contribution < 1.29 is 0 Å². The second-order valence-corrected chi connectivity index (χ2v) is 5.38. The van der Waals surface area contributed by atoms with Crippen molar-refractivity contribution in [1.82, 2.24) is 25.2 Å². The Morgan fingerprint density at radius 2 is 2.00 bits per heavy atom. The number of hydrogen-bond donors (Lipinski definition) is 1. The van der Waals surface area contributed by atoms with E-state index in [4.69, 9.17) is 0 Å². The highest BCUT2D eigenvalue weighted by molar-refractivity contribution is 5.70. The number of rotatable bonds is 3. The average Bonchev–Trinajstić information content (AvgIpc) is 2.88.